The number of β-amino-alcohol motifs (C(OH)–C–C–N with tert-alkyl or cyclic N) is 1. The number of nitrogens with two attached hydrogens (primary N) is 1. The average molecular weight is 176 g/mol. The van der Waals surface area contributed by atoms with E-state index in [-0.39, 0.29) is 17.5 Å². The van der Waals surface area contributed by atoms with Crippen molar-refractivity contribution in [2.45, 2.75) is 30.9 Å². The summed E-state index contributed by atoms with van der Waals surface area (Å²) in [4.78, 5) is 2.12. The Hall–Kier alpha value is 0.230. The van der Waals surface area contributed by atoms with Gasteiger partial charge in [0.1, 0.15) is 0 Å². The lowest BCUT2D eigenvalue weighted by molar-refractivity contribution is 0.0511. The summed E-state index contributed by atoms with van der Waals surface area (Å²) in [6.45, 7) is 3.61. The molecule has 1 saturated heterocycles. The van der Waals surface area contributed by atoms with Crippen molar-refractivity contribution in [3.63, 3.8) is 0 Å². The van der Waals surface area contributed by atoms with Crippen LogP contribution in [0.25, 0.3) is 0 Å². The van der Waals surface area contributed by atoms with Crippen LogP contribution >= 0.6 is 12.6 Å². The third kappa shape index (κ3) is 2.33. The Balaban J connectivity index is 2.40. The summed E-state index contributed by atoms with van der Waals surface area (Å²) in [6.07, 6.45) is 0.491. The maximum Gasteiger partial charge on any atom is 0.0818 e. The topological polar surface area (TPSA) is 49.5 Å². The lowest BCUT2D eigenvalue weighted by atomic mass is 10.0. The molecule has 0 aromatic carbocycles. The Morgan fingerprint density at radius 2 is 2.36 bits per heavy atom. The van der Waals surface area contributed by atoms with Gasteiger partial charge in [0, 0.05) is 24.5 Å². The first kappa shape index (κ1) is 9.32. The second kappa shape index (κ2) is 3.76. The number of aliphatic hydroxyl groups excluding tert-OH is 1. The van der Waals surface area contributed by atoms with Crippen molar-refractivity contribution < 1.29 is 5.11 Å². The lowest BCUT2D eigenvalue weighted by Gasteiger charge is -2.35. The van der Waals surface area contributed by atoms with Crippen LogP contribution < -0.4 is 5.73 Å². The Morgan fingerprint density at radius 1 is 1.73 bits per heavy atom. The van der Waals surface area contributed by atoms with Gasteiger partial charge < -0.3 is 10.8 Å². The molecule has 3 nitrogen and oxygen atoms in total. The summed E-state index contributed by atoms with van der Waals surface area (Å²) in [5, 5.41) is 9.62. The fourth-order valence-corrected chi connectivity index (χ4v) is 1.52. The highest BCUT2D eigenvalue weighted by molar-refractivity contribution is 7.80. The molecule has 4 heteroatoms. The zero-order valence-corrected chi connectivity index (χ0v) is 7.67. The summed E-state index contributed by atoms with van der Waals surface area (Å²) in [5.74, 6) is 0. The van der Waals surface area contributed by atoms with Gasteiger partial charge in [0.15, 0.2) is 0 Å². The molecule has 11 heavy (non-hydrogen) atoms. The Labute approximate surface area is 73.0 Å². The zero-order chi connectivity index (χ0) is 8.43. The SMILES string of the molecule is CC(S)N1CC[C@@H](N)[C@H](O)C1. The summed E-state index contributed by atoms with van der Waals surface area (Å²) in [6, 6.07) is -0.0432. The summed E-state index contributed by atoms with van der Waals surface area (Å²) < 4.78 is 0. The molecule has 1 unspecified atom stereocenters. The molecular weight excluding hydrogens is 160 g/mol. The van der Waals surface area contributed by atoms with Crippen LogP contribution in [-0.4, -0.2) is 40.6 Å². The van der Waals surface area contributed by atoms with E-state index in [1.807, 2.05) is 6.92 Å². The number of piperidine rings is 1. The molecule has 0 aliphatic carbocycles. The second-order valence-corrected chi connectivity index (χ2v) is 3.89. The van der Waals surface area contributed by atoms with Gasteiger partial charge >= 0.3 is 0 Å². The highest BCUT2D eigenvalue weighted by Gasteiger charge is 2.25. The minimum Gasteiger partial charge on any atom is -0.390 e. The molecule has 3 atom stereocenters. The smallest absolute Gasteiger partial charge is 0.0818 e. The molecular formula is C7H16N2OS. The molecule has 0 aromatic heterocycles. The number of hydrogen-bond acceptors (Lipinski definition) is 4. The van der Waals surface area contributed by atoms with Gasteiger partial charge in [-0.1, -0.05) is 0 Å². The molecule has 66 valence electrons. The molecule has 0 aromatic rings. The predicted octanol–water partition coefficient (Wildman–Crippen LogP) is -0.344. The van der Waals surface area contributed by atoms with E-state index >= 15 is 0 Å². The van der Waals surface area contributed by atoms with Crippen molar-refractivity contribution >= 4 is 12.6 Å². The highest BCUT2D eigenvalue weighted by Crippen LogP contribution is 2.13. The van der Waals surface area contributed by atoms with Crippen molar-refractivity contribution in [2.75, 3.05) is 13.1 Å². The van der Waals surface area contributed by atoms with Crippen LogP contribution in [0.4, 0.5) is 0 Å². The zero-order valence-electron chi connectivity index (χ0n) is 6.77. The quantitative estimate of drug-likeness (QED) is 0.479. The summed E-state index contributed by atoms with van der Waals surface area (Å²) in [7, 11) is 0. The number of rotatable bonds is 1. The van der Waals surface area contributed by atoms with E-state index in [4.69, 9.17) is 5.73 Å². The first-order chi connectivity index (χ1) is 5.11. The van der Waals surface area contributed by atoms with E-state index in [1.54, 1.807) is 0 Å². The maximum absolute atomic E-state index is 9.40. The molecule has 1 aliphatic heterocycles. The maximum atomic E-state index is 9.40. The third-order valence-corrected chi connectivity index (χ3v) is 2.52. The first-order valence-corrected chi connectivity index (χ1v) is 4.48. The molecule has 1 fully saturated rings. The van der Waals surface area contributed by atoms with Gasteiger partial charge in [-0.25, -0.2) is 0 Å². The van der Waals surface area contributed by atoms with Crippen LogP contribution in [-0.2, 0) is 0 Å². The fourth-order valence-electron chi connectivity index (χ4n) is 1.31. The van der Waals surface area contributed by atoms with Gasteiger partial charge in [0.2, 0.25) is 0 Å². The van der Waals surface area contributed by atoms with Crippen LogP contribution in [0.5, 0.6) is 0 Å². The Morgan fingerprint density at radius 3 is 2.82 bits per heavy atom. The number of likely N-dealkylation sites (tertiary alicyclic amines) is 1. The van der Waals surface area contributed by atoms with Crippen LogP contribution in [0, 0.1) is 0 Å². The van der Waals surface area contributed by atoms with Crippen molar-refractivity contribution in [1.82, 2.24) is 4.90 Å². The molecule has 0 saturated carbocycles. The molecule has 1 aliphatic rings. The van der Waals surface area contributed by atoms with E-state index in [0.717, 1.165) is 13.0 Å². The predicted molar refractivity (Wildman–Crippen MR) is 48.6 cm³/mol. The number of nitrogens with zero attached hydrogens (tertiary/aromatic N) is 1. The second-order valence-electron chi connectivity index (χ2n) is 3.15. The van der Waals surface area contributed by atoms with Gasteiger partial charge in [-0.2, -0.15) is 12.6 Å². The Kier molecular flexibility index (Phi) is 3.18. The molecule has 1 heterocycles. The van der Waals surface area contributed by atoms with Gasteiger partial charge in [-0.15, -0.1) is 0 Å². The highest BCUT2D eigenvalue weighted by atomic mass is 32.1. The largest absolute Gasteiger partial charge is 0.390 e. The minimum atomic E-state index is -0.377. The number of thiol groups is 1. The van der Waals surface area contributed by atoms with Crippen molar-refractivity contribution in [1.29, 1.82) is 0 Å². The normalized spacial score (nSPS) is 37.1. The molecule has 0 radical (unpaired) electrons. The first-order valence-electron chi connectivity index (χ1n) is 3.97. The number of hydrogen-bond donors (Lipinski definition) is 3. The molecule has 0 spiro atoms. The lowest BCUT2D eigenvalue weighted by Crippen LogP contribution is -2.51. The van der Waals surface area contributed by atoms with Crippen LogP contribution in [0.2, 0.25) is 0 Å². The van der Waals surface area contributed by atoms with Gasteiger partial charge in [0.05, 0.1) is 6.10 Å². The monoisotopic (exact) mass is 176 g/mol. The minimum absolute atomic E-state index is 0.0432. The van der Waals surface area contributed by atoms with E-state index in [1.165, 1.54) is 0 Å². The van der Waals surface area contributed by atoms with Crippen LogP contribution in [0.1, 0.15) is 13.3 Å². The Bertz CT molecular complexity index is 132. The van der Waals surface area contributed by atoms with Crippen molar-refractivity contribution in [3.05, 3.63) is 0 Å². The van der Waals surface area contributed by atoms with E-state index in [0.29, 0.717) is 6.54 Å². The van der Waals surface area contributed by atoms with Gasteiger partial charge in [0.25, 0.3) is 0 Å². The van der Waals surface area contributed by atoms with Crippen molar-refractivity contribution in [2.24, 2.45) is 5.73 Å². The summed E-state index contributed by atoms with van der Waals surface area (Å²) in [5.41, 5.74) is 5.64. The average Bonchev–Trinajstić information content (AvgIpc) is 1.94. The van der Waals surface area contributed by atoms with E-state index < -0.39 is 0 Å². The van der Waals surface area contributed by atoms with E-state index in [2.05, 4.69) is 17.5 Å². The standard InChI is InChI=1S/C7H16N2OS/c1-5(11)9-3-2-6(8)7(10)4-9/h5-7,10-11H,2-4,8H2,1H3/t5?,6-,7-/m1/s1. The van der Waals surface area contributed by atoms with Gasteiger partial charge in [-0.05, 0) is 13.3 Å². The van der Waals surface area contributed by atoms with E-state index in [9.17, 15) is 5.11 Å². The third-order valence-electron chi connectivity index (χ3n) is 2.19. The van der Waals surface area contributed by atoms with Crippen LogP contribution in [0.3, 0.4) is 0 Å². The van der Waals surface area contributed by atoms with Gasteiger partial charge in [-0.3, -0.25) is 4.90 Å². The summed E-state index contributed by atoms with van der Waals surface area (Å²) >= 11 is 4.29. The molecule has 0 bridgehead atoms. The molecule has 3 N–H and O–H groups in total. The molecule has 1 rings (SSSR count). The van der Waals surface area contributed by atoms with Crippen LogP contribution in [0.15, 0.2) is 0 Å². The molecule has 0 amide bonds. The fraction of sp³-hybridized carbons (Fsp3) is 1.00. The number of aliphatic hydroxyl groups is 1. The van der Waals surface area contributed by atoms with Crippen molar-refractivity contribution in [3.8, 4) is 0 Å².